The fourth-order valence-electron chi connectivity index (χ4n) is 5.83. The number of carboxylic acids is 1. The number of rotatable bonds is 37. The molecule has 2 unspecified atom stereocenters. The van der Waals surface area contributed by atoms with Crippen LogP contribution in [0.25, 0.3) is 0 Å². The van der Waals surface area contributed by atoms with Crippen molar-refractivity contribution < 1.29 is 34.1 Å². The molecule has 0 bridgehead atoms. The first-order valence-electron chi connectivity index (χ1n) is 20.9. The SMILES string of the molecule is CCCCC/C=C\C/C=C\C(CCCCCCC(=O)NCC(=O)NC(CO)C(=O)O)OC(=O)CCCCCCCCC/C=C\CCCCCCCC. The van der Waals surface area contributed by atoms with Gasteiger partial charge in [-0.3, -0.25) is 14.4 Å². The predicted octanol–water partition coefficient (Wildman–Crippen LogP) is 9.82. The second kappa shape index (κ2) is 37.8. The van der Waals surface area contributed by atoms with Gasteiger partial charge in [-0.1, -0.05) is 134 Å². The normalized spacial score (nSPS) is 12.8. The van der Waals surface area contributed by atoms with E-state index in [1.807, 2.05) is 6.08 Å². The number of hydrogen-bond donors (Lipinski definition) is 4. The van der Waals surface area contributed by atoms with Gasteiger partial charge in [-0.2, -0.15) is 0 Å². The van der Waals surface area contributed by atoms with Crippen LogP contribution in [0.3, 0.4) is 0 Å². The quantitative estimate of drug-likeness (QED) is 0.0283. The number of nitrogens with one attached hydrogen (secondary N) is 2. The molecule has 0 aliphatic carbocycles. The van der Waals surface area contributed by atoms with Gasteiger partial charge in [-0.15, -0.1) is 0 Å². The molecule has 2 atom stereocenters. The summed E-state index contributed by atoms with van der Waals surface area (Å²) in [5, 5.41) is 22.5. The van der Waals surface area contributed by atoms with Gasteiger partial charge in [0.15, 0.2) is 0 Å². The Bertz CT molecular complexity index is 979. The summed E-state index contributed by atoms with van der Waals surface area (Å²) in [6, 6.07) is -1.39. The molecule has 9 nitrogen and oxygen atoms in total. The Balaban J connectivity index is 4.27. The minimum Gasteiger partial charge on any atom is -0.480 e. The van der Waals surface area contributed by atoms with E-state index < -0.39 is 24.5 Å². The van der Waals surface area contributed by atoms with Gasteiger partial charge in [0.2, 0.25) is 11.8 Å². The van der Waals surface area contributed by atoms with Gasteiger partial charge in [0.25, 0.3) is 0 Å². The first-order valence-corrected chi connectivity index (χ1v) is 20.9. The number of aliphatic carboxylic acids is 1. The number of esters is 1. The molecule has 4 N–H and O–H groups in total. The third-order valence-corrected chi connectivity index (χ3v) is 9.09. The van der Waals surface area contributed by atoms with Crippen LogP contribution in [0, 0.1) is 0 Å². The van der Waals surface area contributed by atoms with E-state index in [1.54, 1.807) is 0 Å². The molecule has 300 valence electrons. The summed E-state index contributed by atoms with van der Waals surface area (Å²) in [4.78, 5) is 47.4. The molecular weight excluding hydrogens is 656 g/mol. The zero-order chi connectivity index (χ0) is 38.3. The fourth-order valence-corrected chi connectivity index (χ4v) is 5.83. The lowest BCUT2D eigenvalue weighted by Gasteiger charge is -2.15. The number of carboxylic acid groups (broad SMARTS) is 1. The van der Waals surface area contributed by atoms with E-state index in [4.69, 9.17) is 14.9 Å². The van der Waals surface area contributed by atoms with Gasteiger partial charge in [-0.05, 0) is 76.7 Å². The van der Waals surface area contributed by atoms with Gasteiger partial charge in [0.05, 0.1) is 13.2 Å². The lowest BCUT2D eigenvalue weighted by atomic mass is 10.1. The van der Waals surface area contributed by atoms with E-state index in [0.717, 1.165) is 57.8 Å². The van der Waals surface area contributed by atoms with Crippen molar-refractivity contribution in [3.63, 3.8) is 0 Å². The molecule has 0 heterocycles. The molecule has 52 heavy (non-hydrogen) atoms. The van der Waals surface area contributed by atoms with Crippen molar-refractivity contribution in [2.45, 2.75) is 199 Å². The molecule has 0 aliphatic heterocycles. The molecule has 0 spiro atoms. The van der Waals surface area contributed by atoms with Gasteiger partial charge >= 0.3 is 11.9 Å². The lowest BCUT2D eigenvalue weighted by Crippen LogP contribution is -2.47. The molecular formula is C43H76N2O7. The van der Waals surface area contributed by atoms with Crippen LogP contribution >= 0.6 is 0 Å². The first-order chi connectivity index (χ1) is 25.3. The summed E-state index contributed by atoms with van der Waals surface area (Å²) in [6.45, 7) is 3.40. The number of aliphatic hydroxyl groups excluding tert-OH is 1. The lowest BCUT2D eigenvalue weighted by molar-refractivity contribution is -0.147. The van der Waals surface area contributed by atoms with E-state index >= 15 is 0 Å². The van der Waals surface area contributed by atoms with Gasteiger partial charge < -0.3 is 25.6 Å². The number of aliphatic hydroxyl groups is 1. The minimum atomic E-state index is -1.39. The summed E-state index contributed by atoms with van der Waals surface area (Å²) in [5.41, 5.74) is 0. The number of ether oxygens (including phenoxy) is 1. The monoisotopic (exact) mass is 733 g/mol. The molecule has 0 aliphatic rings. The summed E-state index contributed by atoms with van der Waals surface area (Å²) in [6.07, 6.45) is 41.9. The molecule has 0 aromatic carbocycles. The molecule has 9 heteroatoms. The third-order valence-electron chi connectivity index (χ3n) is 9.09. The van der Waals surface area contributed by atoms with Crippen LogP contribution in [0.1, 0.15) is 187 Å². The van der Waals surface area contributed by atoms with Crippen LogP contribution in [-0.4, -0.2) is 59.3 Å². The summed E-state index contributed by atoms with van der Waals surface area (Å²) < 4.78 is 5.88. The summed E-state index contributed by atoms with van der Waals surface area (Å²) >= 11 is 0. The highest BCUT2D eigenvalue weighted by Gasteiger charge is 2.18. The second-order valence-corrected chi connectivity index (χ2v) is 14.1. The Morgan fingerprint density at radius 3 is 1.69 bits per heavy atom. The Labute approximate surface area is 316 Å². The van der Waals surface area contributed by atoms with Crippen LogP contribution in [0.2, 0.25) is 0 Å². The van der Waals surface area contributed by atoms with E-state index in [-0.39, 0.29) is 30.9 Å². The predicted molar refractivity (Wildman–Crippen MR) is 213 cm³/mol. The van der Waals surface area contributed by atoms with Crippen LogP contribution in [-0.2, 0) is 23.9 Å². The molecule has 0 fully saturated rings. The van der Waals surface area contributed by atoms with Crippen LogP contribution < -0.4 is 10.6 Å². The molecule has 0 aromatic rings. The van der Waals surface area contributed by atoms with Crippen LogP contribution in [0.5, 0.6) is 0 Å². The Morgan fingerprint density at radius 1 is 0.596 bits per heavy atom. The molecule has 0 aromatic heterocycles. The number of hydrogen-bond acceptors (Lipinski definition) is 6. The minimum absolute atomic E-state index is 0.133. The van der Waals surface area contributed by atoms with E-state index in [2.05, 4.69) is 54.9 Å². The zero-order valence-electron chi connectivity index (χ0n) is 33.1. The van der Waals surface area contributed by atoms with Crippen molar-refractivity contribution >= 4 is 23.8 Å². The van der Waals surface area contributed by atoms with Crippen molar-refractivity contribution in [3.05, 3.63) is 36.5 Å². The Hall–Kier alpha value is -2.94. The Morgan fingerprint density at radius 2 is 1.10 bits per heavy atom. The highest BCUT2D eigenvalue weighted by molar-refractivity contribution is 5.87. The first kappa shape index (κ1) is 49.1. The van der Waals surface area contributed by atoms with Crippen LogP contribution in [0.4, 0.5) is 0 Å². The smallest absolute Gasteiger partial charge is 0.328 e. The Kier molecular flexibility index (Phi) is 35.7. The highest BCUT2D eigenvalue weighted by atomic mass is 16.5. The van der Waals surface area contributed by atoms with Crippen LogP contribution in [0.15, 0.2) is 36.5 Å². The molecule has 0 saturated heterocycles. The van der Waals surface area contributed by atoms with Crippen molar-refractivity contribution in [1.29, 1.82) is 0 Å². The topological polar surface area (TPSA) is 142 Å². The fraction of sp³-hybridized carbons (Fsp3) is 0.767. The summed E-state index contributed by atoms with van der Waals surface area (Å²) in [7, 11) is 0. The van der Waals surface area contributed by atoms with Crippen molar-refractivity contribution in [3.8, 4) is 0 Å². The molecule has 0 saturated carbocycles. The number of carbonyl (C=O) groups excluding carboxylic acids is 3. The average molecular weight is 733 g/mol. The van der Waals surface area contributed by atoms with Crippen molar-refractivity contribution in [1.82, 2.24) is 10.6 Å². The van der Waals surface area contributed by atoms with E-state index in [9.17, 15) is 19.2 Å². The van der Waals surface area contributed by atoms with E-state index in [0.29, 0.717) is 12.8 Å². The van der Waals surface area contributed by atoms with Crippen molar-refractivity contribution in [2.75, 3.05) is 13.2 Å². The maximum absolute atomic E-state index is 12.7. The second-order valence-electron chi connectivity index (χ2n) is 14.1. The largest absolute Gasteiger partial charge is 0.480 e. The summed E-state index contributed by atoms with van der Waals surface area (Å²) in [5.74, 6) is -2.43. The number of carbonyl (C=O) groups is 4. The molecule has 0 radical (unpaired) electrons. The molecule has 0 rings (SSSR count). The van der Waals surface area contributed by atoms with Gasteiger partial charge in [0, 0.05) is 12.8 Å². The van der Waals surface area contributed by atoms with Gasteiger partial charge in [-0.25, -0.2) is 4.79 Å². The average Bonchev–Trinajstić information content (AvgIpc) is 3.13. The maximum Gasteiger partial charge on any atom is 0.328 e. The maximum atomic E-state index is 12.7. The number of amides is 2. The van der Waals surface area contributed by atoms with Gasteiger partial charge in [0.1, 0.15) is 12.1 Å². The van der Waals surface area contributed by atoms with E-state index in [1.165, 1.54) is 96.3 Å². The highest BCUT2D eigenvalue weighted by Crippen LogP contribution is 2.15. The number of unbranched alkanes of at least 4 members (excludes halogenated alkanes) is 19. The standard InChI is InChI=1S/C43H76N2O7/c1-3-5-7-9-11-13-14-15-16-17-18-19-20-21-23-25-31-35-42(49)52-38(32-28-24-22-12-10-8-6-4-2)33-29-26-27-30-34-40(47)44-36-41(48)45-39(37-46)43(50)51/h12,15-16,22,28,32,38-39,46H,3-11,13-14,17-21,23-27,29-31,33-37H2,1-2H3,(H,44,47)(H,45,48)(H,50,51)/b16-15-,22-12-,32-28-. The zero-order valence-corrected chi connectivity index (χ0v) is 33.1. The molecule has 2 amide bonds. The third kappa shape index (κ3) is 34.2. The number of allylic oxidation sites excluding steroid dienone is 5. The van der Waals surface area contributed by atoms with Crippen molar-refractivity contribution in [2.24, 2.45) is 0 Å².